The van der Waals surface area contributed by atoms with E-state index in [-0.39, 0.29) is 12.5 Å². The number of nitrogens with zero attached hydrogens (tertiary/aromatic N) is 3. The van der Waals surface area contributed by atoms with Crippen LogP contribution in [0.25, 0.3) is 27.7 Å². The largest absolute Gasteiger partial charge is 0.502 e. The van der Waals surface area contributed by atoms with Crippen molar-refractivity contribution in [2.45, 2.75) is 52.2 Å². The molecular weight excluding hydrogens is 376 g/mol. The third kappa shape index (κ3) is 3.94. The molecule has 6 heteroatoms. The van der Waals surface area contributed by atoms with Gasteiger partial charge in [0.15, 0.2) is 0 Å². The molecule has 2 aromatic carbocycles. The molecule has 0 fully saturated rings. The maximum Gasteiger partial charge on any atom is 0.256 e. The van der Waals surface area contributed by atoms with Crippen molar-refractivity contribution in [3.8, 4) is 28.6 Å². The van der Waals surface area contributed by atoms with Crippen LogP contribution in [0.5, 0.6) is 5.75 Å². The summed E-state index contributed by atoms with van der Waals surface area (Å²) in [5.41, 5.74) is 3.41. The van der Waals surface area contributed by atoms with Crippen molar-refractivity contribution in [1.82, 2.24) is 15.5 Å². The van der Waals surface area contributed by atoms with Crippen LogP contribution >= 0.6 is 0 Å². The number of ether oxygens (including phenoxy) is 1. The lowest BCUT2D eigenvalue weighted by atomic mass is 10.0. The summed E-state index contributed by atoms with van der Waals surface area (Å²) in [7, 11) is 0. The lowest BCUT2D eigenvalue weighted by Gasteiger charge is -2.13. The van der Waals surface area contributed by atoms with Crippen molar-refractivity contribution in [2.24, 2.45) is 0 Å². The number of hydrogen-bond acceptors (Lipinski definition) is 5. The number of benzene rings is 2. The fourth-order valence-electron chi connectivity index (χ4n) is 3.60. The number of fused-ring (bicyclic) bond motifs is 1. The highest BCUT2D eigenvalue weighted by molar-refractivity contribution is 5.70. The minimum atomic E-state index is -1.63. The van der Waals surface area contributed by atoms with Crippen LogP contribution in [-0.2, 0) is 6.42 Å². The third-order valence-corrected chi connectivity index (χ3v) is 4.90. The number of nitrogens with one attached hydrogen (secondary N) is 1. The Kier molecular flexibility index (Phi) is 4.81. The summed E-state index contributed by atoms with van der Waals surface area (Å²) in [6.45, 7) is 11.4. The topological polar surface area (TPSA) is 64.5 Å². The van der Waals surface area contributed by atoms with Crippen LogP contribution in [-0.4, -0.2) is 22.7 Å². The molecule has 0 saturated heterocycles. The summed E-state index contributed by atoms with van der Waals surface area (Å²) in [5, 5.41) is 7.03. The third-order valence-electron chi connectivity index (χ3n) is 4.90. The first kappa shape index (κ1) is 16.6. The van der Waals surface area contributed by atoms with Gasteiger partial charge in [0.2, 0.25) is 11.5 Å². The first-order chi connectivity index (χ1) is 15.7. The fraction of sp³-hybridized carbons (Fsp3) is 0.375. The van der Waals surface area contributed by atoms with Crippen molar-refractivity contribution < 1.29 is 13.4 Å². The van der Waals surface area contributed by atoms with E-state index in [0.717, 1.165) is 16.7 Å². The molecule has 1 heterocycles. The Morgan fingerprint density at radius 3 is 3.03 bits per heavy atom. The summed E-state index contributed by atoms with van der Waals surface area (Å²) >= 11 is 0. The molecule has 0 unspecified atom stereocenters. The van der Waals surface area contributed by atoms with Gasteiger partial charge in [-0.25, -0.2) is 4.85 Å². The zero-order valence-electron chi connectivity index (χ0n) is 20.3. The number of aromatic nitrogens is 2. The van der Waals surface area contributed by atoms with Gasteiger partial charge in [0, 0.05) is 19.9 Å². The van der Waals surface area contributed by atoms with Crippen LogP contribution in [0.15, 0.2) is 40.9 Å². The van der Waals surface area contributed by atoms with E-state index in [1.54, 1.807) is 25.1 Å². The van der Waals surface area contributed by atoms with Crippen LogP contribution in [0.3, 0.4) is 0 Å². The maximum absolute atomic E-state index is 8.88. The van der Waals surface area contributed by atoms with Crippen LogP contribution < -0.4 is 10.1 Å². The Hall–Kier alpha value is -3.17. The van der Waals surface area contributed by atoms with E-state index >= 15 is 0 Å². The number of hydrogen-bond donors (Lipinski definition) is 1. The van der Waals surface area contributed by atoms with E-state index < -0.39 is 12.5 Å². The van der Waals surface area contributed by atoms with Crippen molar-refractivity contribution in [3.63, 3.8) is 0 Å². The summed E-state index contributed by atoms with van der Waals surface area (Å²) in [4.78, 5) is 8.11. The molecule has 4 rings (SSSR count). The molecule has 0 spiro atoms. The van der Waals surface area contributed by atoms with Crippen molar-refractivity contribution in [3.05, 3.63) is 58.9 Å². The summed E-state index contributed by atoms with van der Waals surface area (Å²) in [5.74, 6) is 1.20. The first-order valence-corrected chi connectivity index (χ1v) is 10.1. The fourth-order valence-corrected chi connectivity index (χ4v) is 3.60. The van der Waals surface area contributed by atoms with Gasteiger partial charge in [0.1, 0.15) is 5.75 Å². The average Bonchev–Trinajstić information content (AvgIpc) is 3.39. The van der Waals surface area contributed by atoms with Crippen LogP contribution in [0, 0.1) is 6.57 Å². The molecule has 1 aliphatic rings. The molecule has 0 aliphatic heterocycles. The number of rotatable bonds is 7. The molecule has 0 radical (unpaired) electrons. The molecule has 1 N–H and O–H groups in total. The molecule has 154 valence electrons. The highest BCUT2D eigenvalue weighted by Gasteiger charge is 2.26. The van der Waals surface area contributed by atoms with Crippen LogP contribution in [0.4, 0.5) is 5.69 Å². The van der Waals surface area contributed by atoms with Crippen LogP contribution in [0.2, 0.25) is 0 Å². The first-order valence-electron chi connectivity index (χ1n) is 11.6. The summed E-state index contributed by atoms with van der Waals surface area (Å²) in [6, 6.07) is 9.54. The van der Waals surface area contributed by atoms with Crippen LogP contribution in [0.1, 0.15) is 54.9 Å². The van der Waals surface area contributed by atoms with Crippen molar-refractivity contribution in [1.29, 1.82) is 0 Å². The Labute approximate surface area is 181 Å². The Morgan fingerprint density at radius 2 is 2.27 bits per heavy atom. The summed E-state index contributed by atoms with van der Waals surface area (Å²) < 4.78 is 36.2. The smallest absolute Gasteiger partial charge is 0.256 e. The molecule has 1 aliphatic carbocycles. The second-order valence-electron chi connectivity index (χ2n) is 7.35. The molecule has 1 atom stereocenters. The highest BCUT2D eigenvalue weighted by Crippen LogP contribution is 2.38. The highest BCUT2D eigenvalue weighted by atomic mass is 16.5. The lowest BCUT2D eigenvalue weighted by molar-refractivity contribution is 0.244. The van der Waals surface area contributed by atoms with Crippen molar-refractivity contribution >= 4 is 5.69 Å². The van der Waals surface area contributed by atoms with E-state index in [2.05, 4.69) is 20.3 Å². The Morgan fingerprint density at radius 1 is 1.40 bits per heavy atom. The predicted molar refractivity (Wildman–Crippen MR) is 117 cm³/mol. The van der Waals surface area contributed by atoms with E-state index in [1.807, 2.05) is 32.0 Å². The van der Waals surface area contributed by atoms with E-state index in [4.69, 9.17) is 19.9 Å². The van der Waals surface area contributed by atoms with Gasteiger partial charge in [-0.15, -0.1) is 0 Å². The average molecular weight is 406 g/mol. The Balaban J connectivity index is 1.67. The zero-order valence-corrected chi connectivity index (χ0v) is 17.3. The normalized spacial score (nSPS) is 19.6. The standard InChI is InChI=1S/C24H26N4O2/c1-5-13-26-20-11-10-17-18(20)7-6-8-19(17)23-27-24(30-28-23)16-9-12-22(29-15(2)3)21(14-16)25-4/h6-9,12,14-15,20,26H,5,10-11,13H2,1-3H3/t20-/m0/s1/i13D2,20D. The molecular formula is C24H26N4O2. The van der Waals surface area contributed by atoms with E-state index in [0.29, 0.717) is 41.6 Å². The summed E-state index contributed by atoms with van der Waals surface area (Å²) in [6.07, 6.45) is 1.28. The zero-order chi connectivity index (χ0) is 23.8. The van der Waals surface area contributed by atoms with Crippen molar-refractivity contribution in [2.75, 3.05) is 6.50 Å². The Bertz CT molecular complexity index is 1220. The van der Waals surface area contributed by atoms with Gasteiger partial charge < -0.3 is 14.6 Å². The van der Waals surface area contributed by atoms with Gasteiger partial charge in [-0.2, -0.15) is 4.98 Å². The van der Waals surface area contributed by atoms with Gasteiger partial charge in [-0.05, 0) is 68.9 Å². The quantitative estimate of drug-likeness (QED) is 0.509. The monoisotopic (exact) mass is 405 g/mol. The lowest BCUT2D eigenvalue weighted by Crippen LogP contribution is -2.19. The molecule has 0 saturated carbocycles. The van der Waals surface area contributed by atoms with Gasteiger partial charge in [0.25, 0.3) is 5.89 Å². The van der Waals surface area contributed by atoms with Gasteiger partial charge in [-0.1, -0.05) is 30.3 Å². The second-order valence-corrected chi connectivity index (χ2v) is 7.35. The van der Waals surface area contributed by atoms with Gasteiger partial charge in [-0.3, -0.25) is 0 Å². The predicted octanol–water partition coefficient (Wildman–Crippen LogP) is 5.73. The van der Waals surface area contributed by atoms with Gasteiger partial charge in [0.05, 0.1) is 14.0 Å². The maximum atomic E-state index is 8.88. The van der Waals surface area contributed by atoms with Gasteiger partial charge >= 0.3 is 0 Å². The molecule has 30 heavy (non-hydrogen) atoms. The van der Waals surface area contributed by atoms with E-state index in [9.17, 15) is 0 Å². The second kappa shape index (κ2) is 8.68. The SMILES string of the molecule is [2H]C([2H])(CC)N[C@@]1([2H])CCc2c(-c3noc(-c4ccc(OC(C)C)c([N+]#[C-])c4)n3)cccc21. The molecule has 3 aromatic rings. The van der Waals surface area contributed by atoms with E-state index in [1.165, 1.54) is 0 Å². The molecule has 6 nitrogen and oxygen atoms in total. The molecule has 0 amide bonds. The molecule has 0 bridgehead atoms. The minimum Gasteiger partial charge on any atom is -0.502 e. The molecule has 1 aromatic heterocycles. The minimum absolute atomic E-state index is 0.0437.